The van der Waals surface area contributed by atoms with Crippen molar-refractivity contribution in [2.75, 3.05) is 53.5 Å². The van der Waals surface area contributed by atoms with Crippen LogP contribution in [0.3, 0.4) is 0 Å². The molecule has 0 saturated carbocycles. The molecule has 138 valence electrons. The second-order valence-electron chi connectivity index (χ2n) is 5.63. The molecule has 8 heteroatoms. The minimum Gasteiger partial charge on any atom is -0.385 e. The van der Waals surface area contributed by atoms with Crippen molar-refractivity contribution in [3.05, 3.63) is 12.2 Å². The minimum atomic E-state index is 0.770. The lowest BCUT2D eigenvalue weighted by Gasteiger charge is -2.16. The quantitative estimate of drug-likeness (QED) is 0.325. The molecule has 24 heavy (non-hydrogen) atoms. The highest BCUT2D eigenvalue weighted by molar-refractivity contribution is 5.79. The monoisotopic (exact) mass is 339 g/mol. The van der Waals surface area contributed by atoms with Crippen LogP contribution in [0.2, 0.25) is 0 Å². The SMILES string of the molecule is CCNC(=NCCN(C)CCCOC)NCCn1cnnc1CC. The van der Waals surface area contributed by atoms with E-state index in [4.69, 9.17) is 4.74 Å². The molecule has 0 radical (unpaired) electrons. The van der Waals surface area contributed by atoms with E-state index in [2.05, 4.69) is 56.2 Å². The van der Waals surface area contributed by atoms with Crippen molar-refractivity contribution in [3.63, 3.8) is 0 Å². The zero-order valence-electron chi connectivity index (χ0n) is 15.6. The summed E-state index contributed by atoms with van der Waals surface area (Å²) < 4.78 is 7.14. The molecule has 1 rings (SSSR count). The van der Waals surface area contributed by atoms with Crippen LogP contribution in [-0.2, 0) is 17.7 Å². The summed E-state index contributed by atoms with van der Waals surface area (Å²) in [5.74, 6) is 1.87. The zero-order chi connectivity index (χ0) is 17.6. The fraction of sp³-hybridized carbons (Fsp3) is 0.812. The van der Waals surface area contributed by atoms with E-state index in [-0.39, 0.29) is 0 Å². The maximum atomic E-state index is 5.07. The van der Waals surface area contributed by atoms with Gasteiger partial charge < -0.3 is 24.8 Å². The van der Waals surface area contributed by atoms with Gasteiger partial charge in [0.15, 0.2) is 5.96 Å². The highest BCUT2D eigenvalue weighted by Crippen LogP contribution is 1.94. The van der Waals surface area contributed by atoms with Crippen molar-refractivity contribution in [2.24, 2.45) is 4.99 Å². The highest BCUT2D eigenvalue weighted by Gasteiger charge is 2.02. The van der Waals surface area contributed by atoms with E-state index in [1.165, 1.54) is 0 Å². The van der Waals surface area contributed by atoms with Gasteiger partial charge in [-0.2, -0.15) is 0 Å². The molecule has 0 unspecified atom stereocenters. The largest absolute Gasteiger partial charge is 0.385 e. The van der Waals surface area contributed by atoms with Crippen molar-refractivity contribution < 1.29 is 4.74 Å². The standard InChI is InChI=1S/C16H33N7O/c1-5-15-21-20-14-23(15)12-9-19-16(17-6-2)18-8-11-22(3)10-7-13-24-4/h14H,5-13H2,1-4H3,(H2,17,18,19). The van der Waals surface area contributed by atoms with Crippen molar-refractivity contribution in [3.8, 4) is 0 Å². The Kier molecular flexibility index (Phi) is 10.8. The lowest BCUT2D eigenvalue weighted by Crippen LogP contribution is -2.39. The van der Waals surface area contributed by atoms with E-state index in [1.54, 1.807) is 13.4 Å². The van der Waals surface area contributed by atoms with Gasteiger partial charge in [0.05, 0.1) is 6.54 Å². The number of nitrogens with zero attached hydrogens (tertiary/aromatic N) is 5. The Balaban J connectivity index is 2.31. The van der Waals surface area contributed by atoms with Crippen LogP contribution >= 0.6 is 0 Å². The Bertz CT molecular complexity index is 461. The average Bonchev–Trinajstić information content (AvgIpc) is 3.02. The number of aryl methyl sites for hydroxylation is 1. The van der Waals surface area contributed by atoms with Gasteiger partial charge in [-0.3, -0.25) is 4.99 Å². The molecular weight excluding hydrogens is 306 g/mol. The van der Waals surface area contributed by atoms with Crippen LogP contribution in [-0.4, -0.2) is 79.1 Å². The van der Waals surface area contributed by atoms with Gasteiger partial charge in [-0.15, -0.1) is 10.2 Å². The van der Waals surface area contributed by atoms with E-state index in [0.29, 0.717) is 0 Å². The van der Waals surface area contributed by atoms with E-state index in [1.807, 2.05) is 0 Å². The Morgan fingerprint density at radius 1 is 1.33 bits per heavy atom. The first-order chi connectivity index (χ1) is 11.7. The molecule has 0 saturated heterocycles. The normalized spacial score (nSPS) is 12.0. The van der Waals surface area contributed by atoms with Crippen LogP contribution in [0.5, 0.6) is 0 Å². The molecule has 0 aliphatic carbocycles. The van der Waals surface area contributed by atoms with Crippen LogP contribution in [0.25, 0.3) is 0 Å². The summed E-state index contributed by atoms with van der Waals surface area (Å²) in [6, 6.07) is 0. The minimum absolute atomic E-state index is 0.770. The van der Waals surface area contributed by atoms with E-state index in [0.717, 1.165) is 70.5 Å². The third-order valence-electron chi connectivity index (χ3n) is 3.64. The van der Waals surface area contributed by atoms with Gasteiger partial charge in [-0.1, -0.05) is 6.92 Å². The van der Waals surface area contributed by atoms with Crippen LogP contribution < -0.4 is 10.6 Å². The van der Waals surface area contributed by atoms with Crippen molar-refractivity contribution >= 4 is 5.96 Å². The van der Waals surface area contributed by atoms with Gasteiger partial charge in [0.25, 0.3) is 0 Å². The molecule has 0 aromatic carbocycles. The lowest BCUT2D eigenvalue weighted by atomic mass is 10.4. The molecule has 2 N–H and O–H groups in total. The lowest BCUT2D eigenvalue weighted by molar-refractivity contribution is 0.180. The summed E-state index contributed by atoms with van der Waals surface area (Å²) in [7, 11) is 3.85. The third-order valence-corrected chi connectivity index (χ3v) is 3.64. The van der Waals surface area contributed by atoms with Gasteiger partial charge in [0, 0.05) is 52.9 Å². The van der Waals surface area contributed by atoms with E-state index < -0.39 is 0 Å². The first kappa shape index (κ1) is 20.4. The van der Waals surface area contributed by atoms with Crippen LogP contribution in [0, 0.1) is 0 Å². The molecule has 8 nitrogen and oxygen atoms in total. The number of likely N-dealkylation sites (N-methyl/N-ethyl adjacent to an activating group) is 1. The van der Waals surface area contributed by atoms with Crippen LogP contribution in [0.1, 0.15) is 26.1 Å². The molecule has 0 atom stereocenters. The van der Waals surface area contributed by atoms with Crippen molar-refractivity contribution in [2.45, 2.75) is 33.2 Å². The molecular formula is C16H33N7O. The molecule has 0 spiro atoms. The fourth-order valence-electron chi connectivity index (χ4n) is 2.30. The first-order valence-electron chi connectivity index (χ1n) is 8.77. The Morgan fingerprint density at radius 2 is 2.17 bits per heavy atom. The molecule has 0 fully saturated rings. The number of rotatable bonds is 12. The van der Waals surface area contributed by atoms with Crippen LogP contribution in [0.15, 0.2) is 11.3 Å². The summed E-state index contributed by atoms with van der Waals surface area (Å²) in [5, 5.41) is 14.7. The number of aromatic nitrogens is 3. The number of aliphatic imine (C=N–C) groups is 1. The zero-order valence-corrected chi connectivity index (χ0v) is 15.6. The Hall–Kier alpha value is -1.67. The smallest absolute Gasteiger partial charge is 0.191 e. The van der Waals surface area contributed by atoms with Gasteiger partial charge in [-0.05, 0) is 20.4 Å². The maximum Gasteiger partial charge on any atom is 0.191 e. The van der Waals surface area contributed by atoms with Crippen LogP contribution in [0.4, 0.5) is 0 Å². The van der Waals surface area contributed by atoms with Crippen molar-refractivity contribution in [1.82, 2.24) is 30.3 Å². The number of guanidine groups is 1. The molecule has 0 bridgehead atoms. The van der Waals surface area contributed by atoms with Gasteiger partial charge in [-0.25, -0.2) is 0 Å². The van der Waals surface area contributed by atoms with Crippen molar-refractivity contribution in [1.29, 1.82) is 0 Å². The third kappa shape index (κ3) is 8.26. The van der Waals surface area contributed by atoms with Gasteiger partial charge in [0.1, 0.15) is 12.2 Å². The predicted molar refractivity (Wildman–Crippen MR) is 97.4 cm³/mol. The van der Waals surface area contributed by atoms with E-state index >= 15 is 0 Å². The Labute approximate surface area is 145 Å². The topological polar surface area (TPSA) is 79.6 Å². The maximum absolute atomic E-state index is 5.07. The number of methoxy groups -OCH3 is 1. The second kappa shape index (κ2) is 12.7. The number of hydrogen-bond donors (Lipinski definition) is 2. The second-order valence-corrected chi connectivity index (χ2v) is 5.63. The first-order valence-corrected chi connectivity index (χ1v) is 8.77. The number of ether oxygens (including phenoxy) is 1. The number of nitrogens with one attached hydrogen (secondary N) is 2. The molecule has 1 heterocycles. The van der Waals surface area contributed by atoms with E-state index in [9.17, 15) is 0 Å². The molecule has 1 aromatic heterocycles. The Morgan fingerprint density at radius 3 is 2.88 bits per heavy atom. The van der Waals surface area contributed by atoms with Gasteiger partial charge in [0.2, 0.25) is 0 Å². The summed E-state index contributed by atoms with van der Waals surface area (Å²) in [6.07, 6.45) is 3.72. The summed E-state index contributed by atoms with van der Waals surface area (Å²) in [6.45, 7) is 10.2. The molecule has 0 aliphatic heterocycles. The van der Waals surface area contributed by atoms with Gasteiger partial charge >= 0.3 is 0 Å². The summed E-state index contributed by atoms with van der Waals surface area (Å²) >= 11 is 0. The molecule has 0 amide bonds. The summed E-state index contributed by atoms with van der Waals surface area (Å²) in [4.78, 5) is 6.90. The fourth-order valence-corrected chi connectivity index (χ4v) is 2.30. The number of hydrogen-bond acceptors (Lipinski definition) is 5. The highest BCUT2D eigenvalue weighted by atomic mass is 16.5. The molecule has 1 aromatic rings. The predicted octanol–water partition coefficient (Wildman–Crippen LogP) is 0.364. The molecule has 0 aliphatic rings. The summed E-state index contributed by atoms with van der Waals surface area (Å²) in [5.41, 5.74) is 0. The average molecular weight is 339 g/mol.